The molecule has 1 aromatic heterocycles. The first kappa shape index (κ1) is 14.7. The third-order valence-electron chi connectivity index (χ3n) is 3.92. The van der Waals surface area contributed by atoms with Crippen LogP contribution in [0.4, 0.5) is 4.39 Å². The standard InChI is InChI=1S/C16H17FN2O3/c17-16(19-7-6-14(20)18-15(19)21)8-13(9-16)11-22-10-12-4-2-1-3-5-12/h1-7,13H,8-11H2,(H,18,20,21)/t13-,16-. The van der Waals surface area contributed by atoms with E-state index in [0.29, 0.717) is 13.2 Å². The minimum atomic E-state index is -1.72. The fourth-order valence-corrected chi connectivity index (χ4v) is 2.79. The van der Waals surface area contributed by atoms with Crippen LogP contribution in [0.1, 0.15) is 18.4 Å². The van der Waals surface area contributed by atoms with Crippen LogP contribution in [0.15, 0.2) is 52.2 Å². The summed E-state index contributed by atoms with van der Waals surface area (Å²) in [6.45, 7) is 0.952. The number of H-pyrrole nitrogens is 1. The van der Waals surface area contributed by atoms with Crippen molar-refractivity contribution in [2.45, 2.75) is 25.2 Å². The third kappa shape index (κ3) is 3.01. The van der Waals surface area contributed by atoms with Gasteiger partial charge < -0.3 is 4.74 Å². The fourth-order valence-electron chi connectivity index (χ4n) is 2.79. The van der Waals surface area contributed by atoms with Crippen LogP contribution >= 0.6 is 0 Å². The number of halogens is 1. The SMILES string of the molecule is O=c1ccn([C@]2(F)C[C@@H](COCc3ccccc3)C2)c(=O)[nH]1. The Bertz CT molecular complexity index is 748. The molecule has 0 amide bonds. The van der Waals surface area contributed by atoms with Gasteiger partial charge in [0, 0.05) is 25.1 Å². The molecule has 0 bridgehead atoms. The van der Waals surface area contributed by atoms with Crippen LogP contribution in [0.2, 0.25) is 0 Å². The van der Waals surface area contributed by atoms with Gasteiger partial charge in [-0.05, 0) is 11.5 Å². The molecular weight excluding hydrogens is 287 g/mol. The Labute approximate surface area is 126 Å². The van der Waals surface area contributed by atoms with Crippen molar-refractivity contribution in [2.75, 3.05) is 6.61 Å². The van der Waals surface area contributed by atoms with Gasteiger partial charge in [0.05, 0.1) is 13.2 Å². The molecule has 0 radical (unpaired) electrons. The lowest BCUT2D eigenvalue weighted by atomic mass is 9.78. The molecule has 1 aliphatic rings. The highest BCUT2D eigenvalue weighted by atomic mass is 19.1. The number of aromatic nitrogens is 2. The van der Waals surface area contributed by atoms with Gasteiger partial charge in [-0.15, -0.1) is 0 Å². The van der Waals surface area contributed by atoms with E-state index >= 15 is 0 Å². The van der Waals surface area contributed by atoms with Crippen molar-refractivity contribution in [2.24, 2.45) is 5.92 Å². The van der Waals surface area contributed by atoms with E-state index in [1.54, 1.807) is 0 Å². The molecule has 0 unspecified atom stereocenters. The maximum atomic E-state index is 14.6. The lowest BCUT2D eigenvalue weighted by molar-refractivity contribution is -0.0974. The second kappa shape index (κ2) is 5.88. The largest absolute Gasteiger partial charge is 0.376 e. The zero-order valence-electron chi connectivity index (χ0n) is 12.0. The van der Waals surface area contributed by atoms with Gasteiger partial charge in [-0.3, -0.25) is 14.3 Å². The Hall–Kier alpha value is -2.21. The number of alkyl halides is 1. The first-order chi connectivity index (χ1) is 10.6. The molecule has 1 N–H and O–H groups in total. The van der Waals surface area contributed by atoms with E-state index in [9.17, 15) is 14.0 Å². The quantitative estimate of drug-likeness (QED) is 0.916. The van der Waals surface area contributed by atoms with E-state index < -0.39 is 17.0 Å². The Morgan fingerprint density at radius 2 is 1.95 bits per heavy atom. The van der Waals surface area contributed by atoms with Gasteiger partial charge in [-0.2, -0.15) is 0 Å². The normalized spacial score (nSPS) is 24.0. The van der Waals surface area contributed by atoms with Gasteiger partial charge in [0.15, 0.2) is 5.79 Å². The molecule has 1 heterocycles. The van der Waals surface area contributed by atoms with Gasteiger partial charge in [0.25, 0.3) is 5.56 Å². The Kier molecular flexibility index (Phi) is 3.94. The van der Waals surface area contributed by atoms with Crippen LogP contribution in [0, 0.1) is 5.92 Å². The topological polar surface area (TPSA) is 64.1 Å². The number of nitrogens with one attached hydrogen (secondary N) is 1. The third-order valence-corrected chi connectivity index (χ3v) is 3.92. The smallest absolute Gasteiger partial charge is 0.330 e. The predicted octanol–water partition coefficient (Wildman–Crippen LogP) is 1.79. The zero-order chi connectivity index (χ0) is 15.6. The highest BCUT2D eigenvalue weighted by molar-refractivity contribution is 5.13. The predicted molar refractivity (Wildman–Crippen MR) is 79.2 cm³/mol. The Morgan fingerprint density at radius 1 is 1.23 bits per heavy atom. The minimum Gasteiger partial charge on any atom is -0.376 e. The van der Waals surface area contributed by atoms with Crippen LogP contribution in [-0.4, -0.2) is 16.2 Å². The number of hydrogen-bond donors (Lipinski definition) is 1. The number of nitrogens with zero attached hydrogens (tertiary/aromatic N) is 1. The van der Waals surface area contributed by atoms with Crippen molar-refractivity contribution >= 4 is 0 Å². The Morgan fingerprint density at radius 3 is 2.64 bits per heavy atom. The monoisotopic (exact) mass is 304 g/mol. The fraction of sp³-hybridized carbons (Fsp3) is 0.375. The summed E-state index contributed by atoms with van der Waals surface area (Å²) in [5.74, 6) is -1.64. The zero-order valence-corrected chi connectivity index (χ0v) is 12.0. The van der Waals surface area contributed by atoms with Gasteiger partial charge in [-0.1, -0.05) is 30.3 Å². The molecule has 0 atom stereocenters. The van der Waals surface area contributed by atoms with Crippen molar-refractivity contribution in [1.82, 2.24) is 9.55 Å². The second-order valence-electron chi connectivity index (χ2n) is 5.67. The van der Waals surface area contributed by atoms with Crippen molar-refractivity contribution in [3.63, 3.8) is 0 Å². The lowest BCUT2D eigenvalue weighted by Gasteiger charge is -2.41. The molecule has 0 saturated heterocycles. The molecule has 6 heteroatoms. The van der Waals surface area contributed by atoms with Crippen molar-refractivity contribution in [3.8, 4) is 0 Å². The number of aromatic amines is 1. The average molecular weight is 304 g/mol. The number of rotatable bonds is 5. The maximum absolute atomic E-state index is 14.6. The minimum absolute atomic E-state index is 0.0764. The highest BCUT2D eigenvalue weighted by Gasteiger charge is 2.47. The molecule has 1 aliphatic carbocycles. The highest BCUT2D eigenvalue weighted by Crippen LogP contribution is 2.44. The van der Waals surface area contributed by atoms with E-state index in [-0.39, 0.29) is 18.8 Å². The molecule has 3 rings (SSSR count). The average Bonchev–Trinajstić information content (AvgIpc) is 2.46. The van der Waals surface area contributed by atoms with Crippen LogP contribution in [0.25, 0.3) is 0 Å². The number of hydrogen-bond acceptors (Lipinski definition) is 3. The van der Waals surface area contributed by atoms with Crippen LogP contribution in [0.3, 0.4) is 0 Å². The van der Waals surface area contributed by atoms with Crippen LogP contribution < -0.4 is 11.2 Å². The first-order valence-corrected chi connectivity index (χ1v) is 7.20. The summed E-state index contributed by atoms with van der Waals surface area (Å²) in [4.78, 5) is 24.7. The maximum Gasteiger partial charge on any atom is 0.330 e. The lowest BCUT2D eigenvalue weighted by Crippen LogP contribution is -2.50. The molecule has 2 aromatic rings. The first-order valence-electron chi connectivity index (χ1n) is 7.20. The van der Waals surface area contributed by atoms with Gasteiger partial charge >= 0.3 is 5.69 Å². The van der Waals surface area contributed by atoms with Crippen molar-refractivity contribution < 1.29 is 9.13 Å². The molecule has 1 aromatic carbocycles. The van der Waals surface area contributed by atoms with E-state index in [1.165, 1.54) is 6.20 Å². The molecule has 1 saturated carbocycles. The van der Waals surface area contributed by atoms with Gasteiger partial charge in [-0.25, -0.2) is 9.18 Å². The van der Waals surface area contributed by atoms with E-state index in [4.69, 9.17) is 4.74 Å². The summed E-state index contributed by atoms with van der Waals surface area (Å²) in [5.41, 5.74) is -0.157. The number of benzene rings is 1. The molecule has 22 heavy (non-hydrogen) atoms. The molecule has 0 aliphatic heterocycles. The molecular formula is C16H17FN2O3. The van der Waals surface area contributed by atoms with Gasteiger partial charge in [0.1, 0.15) is 0 Å². The number of ether oxygens (including phenoxy) is 1. The molecule has 5 nitrogen and oxygen atoms in total. The summed E-state index contributed by atoms with van der Waals surface area (Å²) >= 11 is 0. The molecule has 116 valence electrons. The molecule has 0 spiro atoms. The summed E-state index contributed by atoms with van der Waals surface area (Å²) in [5, 5.41) is 0. The summed E-state index contributed by atoms with van der Waals surface area (Å²) in [6.07, 6.45) is 1.64. The summed E-state index contributed by atoms with van der Waals surface area (Å²) < 4.78 is 21.2. The Balaban J connectivity index is 1.53. The van der Waals surface area contributed by atoms with Crippen molar-refractivity contribution in [1.29, 1.82) is 0 Å². The second-order valence-corrected chi connectivity index (χ2v) is 5.67. The van der Waals surface area contributed by atoms with Crippen molar-refractivity contribution in [3.05, 3.63) is 69.0 Å². The van der Waals surface area contributed by atoms with Crippen LogP contribution in [-0.2, 0) is 17.1 Å². The van der Waals surface area contributed by atoms with E-state index in [0.717, 1.165) is 16.2 Å². The van der Waals surface area contributed by atoms with Crippen LogP contribution in [0.5, 0.6) is 0 Å². The van der Waals surface area contributed by atoms with Gasteiger partial charge in [0.2, 0.25) is 0 Å². The summed E-state index contributed by atoms with van der Waals surface area (Å²) in [6, 6.07) is 10.9. The van der Waals surface area contributed by atoms with E-state index in [2.05, 4.69) is 4.98 Å². The van der Waals surface area contributed by atoms with E-state index in [1.807, 2.05) is 30.3 Å². The summed E-state index contributed by atoms with van der Waals surface area (Å²) in [7, 11) is 0. The molecule has 1 fully saturated rings.